The summed E-state index contributed by atoms with van der Waals surface area (Å²) in [6.07, 6.45) is 2.61. The van der Waals surface area contributed by atoms with Crippen LogP contribution in [0.3, 0.4) is 0 Å². The first kappa shape index (κ1) is 14.3. The highest BCUT2D eigenvalue weighted by atomic mass is 79.9. The smallest absolute Gasteiger partial charge is 0.123 e. The van der Waals surface area contributed by atoms with Gasteiger partial charge < -0.3 is 15.7 Å². The molecule has 1 aliphatic heterocycles. The van der Waals surface area contributed by atoms with E-state index in [9.17, 15) is 5.11 Å². The Morgan fingerprint density at radius 3 is 2.79 bits per heavy atom. The van der Waals surface area contributed by atoms with Gasteiger partial charge in [-0.05, 0) is 60.3 Å². The predicted molar refractivity (Wildman–Crippen MR) is 81.8 cm³/mol. The Morgan fingerprint density at radius 1 is 1.42 bits per heavy atom. The number of hydrogen-bond acceptors (Lipinski definition) is 3. The fraction of sp³-hybridized carbons (Fsp3) is 0.500. The summed E-state index contributed by atoms with van der Waals surface area (Å²) in [7, 11) is 0. The van der Waals surface area contributed by atoms with Crippen molar-refractivity contribution in [3.8, 4) is 0 Å². The first-order chi connectivity index (χ1) is 8.89. The Bertz CT molecular complexity index is 488. The third-order valence-corrected chi connectivity index (χ3v) is 4.33. The molecule has 2 rings (SSSR count). The lowest BCUT2D eigenvalue weighted by Gasteiger charge is -2.24. The predicted octanol–water partition coefficient (Wildman–Crippen LogP) is 2.47. The molecule has 0 amide bonds. The SMILES string of the molecule is CC1(O)CCCN(c2ccc(C(=N)N)c(Br)c2)CC1. The van der Waals surface area contributed by atoms with Crippen LogP contribution >= 0.6 is 15.9 Å². The van der Waals surface area contributed by atoms with Gasteiger partial charge in [0.05, 0.1) is 5.60 Å². The number of benzene rings is 1. The Hall–Kier alpha value is -1.07. The highest BCUT2D eigenvalue weighted by Gasteiger charge is 2.25. The molecule has 0 aromatic heterocycles. The van der Waals surface area contributed by atoms with E-state index in [0.717, 1.165) is 42.5 Å². The van der Waals surface area contributed by atoms with Crippen molar-refractivity contribution in [2.24, 2.45) is 5.73 Å². The fourth-order valence-corrected chi connectivity index (χ4v) is 3.02. The van der Waals surface area contributed by atoms with Crippen molar-refractivity contribution < 1.29 is 5.11 Å². The number of nitrogen functional groups attached to an aromatic ring is 1. The zero-order valence-corrected chi connectivity index (χ0v) is 12.7. The molecule has 1 aromatic carbocycles. The monoisotopic (exact) mass is 325 g/mol. The molecule has 19 heavy (non-hydrogen) atoms. The lowest BCUT2D eigenvalue weighted by atomic mass is 9.98. The summed E-state index contributed by atoms with van der Waals surface area (Å²) in [4.78, 5) is 2.27. The molecule has 1 saturated heterocycles. The average Bonchev–Trinajstić information content (AvgIpc) is 2.49. The molecule has 1 aliphatic rings. The molecule has 1 aromatic rings. The van der Waals surface area contributed by atoms with E-state index in [2.05, 4.69) is 20.8 Å². The van der Waals surface area contributed by atoms with Gasteiger partial charge in [-0.2, -0.15) is 0 Å². The first-order valence-corrected chi connectivity index (χ1v) is 7.30. The molecule has 4 nitrogen and oxygen atoms in total. The molecule has 4 N–H and O–H groups in total. The normalized spacial score (nSPS) is 24.1. The Labute approximate surface area is 122 Å². The lowest BCUT2D eigenvalue weighted by molar-refractivity contribution is 0.0481. The number of anilines is 1. The van der Waals surface area contributed by atoms with Gasteiger partial charge in [-0.1, -0.05) is 0 Å². The van der Waals surface area contributed by atoms with Crippen molar-refractivity contribution in [3.05, 3.63) is 28.2 Å². The molecule has 0 aliphatic carbocycles. The van der Waals surface area contributed by atoms with Crippen LogP contribution in [0.4, 0.5) is 5.69 Å². The number of nitrogens with zero attached hydrogens (tertiary/aromatic N) is 1. The number of halogens is 1. The Kier molecular flexibility index (Phi) is 4.16. The van der Waals surface area contributed by atoms with Crippen molar-refractivity contribution in [2.75, 3.05) is 18.0 Å². The van der Waals surface area contributed by atoms with Gasteiger partial charge >= 0.3 is 0 Å². The van der Waals surface area contributed by atoms with Crippen molar-refractivity contribution in [2.45, 2.75) is 31.8 Å². The van der Waals surface area contributed by atoms with E-state index in [1.165, 1.54) is 0 Å². The summed E-state index contributed by atoms with van der Waals surface area (Å²) in [5.41, 5.74) is 6.78. The summed E-state index contributed by atoms with van der Waals surface area (Å²) in [5, 5.41) is 17.6. The summed E-state index contributed by atoms with van der Waals surface area (Å²) in [6, 6.07) is 5.85. The van der Waals surface area contributed by atoms with Crippen LogP contribution in [0.1, 0.15) is 31.7 Å². The number of nitrogens with two attached hydrogens (primary N) is 1. The fourth-order valence-electron chi connectivity index (χ4n) is 2.44. The summed E-state index contributed by atoms with van der Waals surface area (Å²) in [5.74, 6) is 0.0669. The van der Waals surface area contributed by atoms with E-state index in [1.807, 2.05) is 25.1 Å². The minimum absolute atomic E-state index is 0.0669. The quantitative estimate of drug-likeness (QED) is 0.577. The first-order valence-electron chi connectivity index (χ1n) is 6.50. The van der Waals surface area contributed by atoms with Crippen molar-refractivity contribution in [3.63, 3.8) is 0 Å². The maximum atomic E-state index is 10.1. The summed E-state index contributed by atoms with van der Waals surface area (Å²) >= 11 is 3.46. The molecular formula is C14H20BrN3O. The maximum Gasteiger partial charge on any atom is 0.123 e. The van der Waals surface area contributed by atoms with E-state index in [1.54, 1.807) is 0 Å². The number of aliphatic hydroxyl groups is 1. The molecule has 0 spiro atoms. The topological polar surface area (TPSA) is 73.3 Å². The van der Waals surface area contributed by atoms with E-state index in [0.29, 0.717) is 5.56 Å². The molecule has 0 bridgehead atoms. The highest BCUT2D eigenvalue weighted by molar-refractivity contribution is 9.10. The Balaban J connectivity index is 2.18. The molecule has 1 fully saturated rings. The van der Waals surface area contributed by atoms with Gasteiger partial charge in [0, 0.05) is 28.8 Å². The third kappa shape index (κ3) is 3.48. The molecule has 1 atom stereocenters. The maximum absolute atomic E-state index is 10.1. The van der Waals surface area contributed by atoms with Crippen LogP contribution in [-0.2, 0) is 0 Å². The van der Waals surface area contributed by atoms with Crippen LogP contribution in [0.25, 0.3) is 0 Å². The summed E-state index contributed by atoms with van der Waals surface area (Å²) < 4.78 is 0.841. The van der Waals surface area contributed by atoms with Gasteiger partial charge in [0.1, 0.15) is 5.84 Å². The number of hydrogen-bond donors (Lipinski definition) is 3. The Morgan fingerprint density at radius 2 is 2.16 bits per heavy atom. The van der Waals surface area contributed by atoms with E-state index in [4.69, 9.17) is 11.1 Å². The largest absolute Gasteiger partial charge is 0.390 e. The van der Waals surface area contributed by atoms with Crippen LogP contribution in [0.2, 0.25) is 0 Å². The highest BCUT2D eigenvalue weighted by Crippen LogP contribution is 2.28. The van der Waals surface area contributed by atoms with Crippen molar-refractivity contribution >= 4 is 27.5 Å². The standard InChI is InChI=1S/C14H20BrN3O/c1-14(19)5-2-7-18(8-6-14)10-3-4-11(13(16)17)12(15)9-10/h3-4,9,19H,2,5-8H2,1H3,(H3,16,17). The van der Waals surface area contributed by atoms with Crippen LogP contribution in [-0.4, -0.2) is 29.6 Å². The lowest BCUT2D eigenvalue weighted by Crippen LogP contribution is -2.28. The van der Waals surface area contributed by atoms with Crippen molar-refractivity contribution in [1.29, 1.82) is 5.41 Å². The van der Waals surface area contributed by atoms with E-state index >= 15 is 0 Å². The van der Waals surface area contributed by atoms with Crippen LogP contribution in [0.5, 0.6) is 0 Å². The van der Waals surface area contributed by atoms with Gasteiger partial charge in [0.25, 0.3) is 0 Å². The average molecular weight is 326 g/mol. The summed E-state index contributed by atoms with van der Waals surface area (Å²) in [6.45, 7) is 3.70. The number of amidine groups is 1. The van der Waals surface area contributed by atoms with Crippen LogP contribution < -0.4 is 10.6 Å². The van der Waals surface area contributed by atoms with Gasteiger partial charge in [-0.25, -0.2) is 0 Å². The molecule has 0 saturated carbocycles. The van der Waals surface area contributed by atoms with Crippen LogP contribution in [0.15, 0.2) is 22.7 Å². The van der Waals surface area contributed by atoms with E-state index < -0.39 is 5.60 Å². The van der Waals surface area contributed by atoms with E-state index in [-0.39, 0.29) is 5.84 Å². The second-order valence-corrected chi connectivity index (χ2v) is 6.27. The zero-order valence-electron chi connectivity index (χ0n) is 11.1. The van der Waals surface area contributed by atoms with Crippen molar-refractivity contribution in [1.82, 2.24) is 0 Å². The minimum atomic E-state index is -0.550. The van der Waals surface area contributed by atoms with Gasteiger partial charge in [-0.3, -0.25) is 5.41 Å². The minimum Gasteiger partial charge on any atom is -0.390 e. The van der Waals surface area contributed by atoms with Gasteiger partial charge in [0.15, 0.2) is 0 Å². The molecular weight excluding hydrogens is 306 g/mol. The zero-order chi connectivity index (χ0) is 14.0. The van der Waals surface area contributed by atoms with Crippen LogP contribution in [0, 0.1) is 5.41 Å². The third-order valence-electron chi connectivity index (χ3n) is 3.67. The second-order valence-electron chi connectivity index (χ2n) is 5.42. The molecule has 0 radical (unpaired) electrons. The molecule has 104 valence electrons. The molecule has 1 unspecified atom stereocenters. The number of rotatable bonds is 2. The number of nitrogens with one attached hydrogen (secondary N) is 1. The molecule has 1 heterocycles. The molecule has 5 heteroatoms. The van der Waals surface area contributed by atoms with Gasteiger partial charge in [-0.15, -0.1) is 0 Å². The second kappa shape index (κ2) is 5.51. The van der Waals surface area contributed by atoms with Gasteiger partial charge in [0.2, 0.25) is 0 Å².